The number of aliphatic carboxylic acids is 1. The number of nitrogens with zero attached hydrogens (tertiary/aromatic N) is 2. The molecule has 0 unspecified atom stereocenters. The number of aliphatic hydroxyl groups excluding tert-OH is 1. The number of phosphoric ester groups is 1. The number of carbonyl (C=O) groups excluding carboxylic acids is 6. The Morgan fingerprint density at radius 2 is 1.11 bits per heavy atom. The fourth-order valence-electron chi connectivity index (χ4n) is 5.48. The molecule has 1 aromatic rings. The van der Waals surface area contributed by atoms with Crippen LogP contribution in [0.4, 0.5) is 0 Å². The number of phosphoric acid groups is 1. The maximum atomic E-state index is 13.9. The lowest BCUT2D eigenvalue weighted by molar-refractivity contribution is -0.142. The third-order valence-electron chi connectivity index (χ3n) is 8.83. The maximum absolute atomic E-state index is 13.9. The van der Waals surface area contributed by atoms with Crippen LogP contribution in [0.1, 0.15) is 65.9 Å². The number of nitrogens with one attached hydrogen (secondary N) is 6. The first-order valence-corrected chi connectivity index (χ1v) is 21.2. The van der Waals surface area contributed by atoms with Gasteiger partial charge in [0, 0.05) is 19.5 Å². The minimum atomic E-state index is -4.90. The summed E-state index contributed by atoms with van der Waals surface area (Å²) in [5.74, 6) is -7.89. The van der Waals surface area contributed by atoms with Crippen LogP contribution in [0.3, 0.4) is 0 Å². The maximum Gasteiger partial charge on any atom is 0.524 e. The van der Waals surface area contributed by atoms with Gasteiger partial charge in [-0.15, -0.1) is 0 Å². The predicted octanol–water partition coefficient (Wildman–Crippen LogP) is -4.79. The third kappa shape index (κ3) is 21.5. The molecule has 26 nitrogen and oxygen atoms in total. The Kier molecular flexibility index (Phi) is 23.0. The Morgan fingerprint density at radius 1 is 0.651 bits per heavy atom. The van der Waals surface area contributed by atoms with Gasteiger partial charge in [-0.2, -0.15) is 0 Å². The van der Waals surface area contributed by atoms with Crippen molar-refractivity contribution in [2.45, 2.75) is 115 Å². The summed E-state index contributed by atoms with van der Waals surface area (Å²) in [5, 5.41) is 34.9. The molecule has 0 saturated carbocycles. The van der Waals surface area contributed by atoms with Crippen molar-refractivity contribution in [1.29, 1.82) is 0 Å². The summed E-state index contributed by atoms with van der Waals surface area (Å²) in [6.07, 6.45) is -1.72. The van der Waals surface area contributed by atoms with Crippen molar-refractivity contribution >= 4 is 61.2 Å². The smallest absolute Gasteiger partial charge is 0.480 e. The number of carboxylic acids is 1. The van der Waals surface area contributed by atoms with Crippen molar-refractivity contribution in [3.8, 4) is 5.75 Å². The Hall–Kier alpha value is -6.08. The molecule has 63 heavy (non-hydrogen) atoms. The summed E-state index contributed by atoms with van der Waals surface area (Å²) in [6, 6.07) is -4.51. The molecule has 354 valence electrons. The monoisotopic (exact) mass is 915 g/mol. The third-order valence-corrected chi connectivity index (χ3v) is 9.28. The first-order valence-electron chi connectivity index (χ1n) is 19.7. The number of amides is 6. The molecule has 8 atom stereocenters. The number of rotatable bonds is 27. The zero-order chi connectivity index (χ0) is 48.2. The first-order chi connectivity index (χ1) is 29.2. The Balaban J connectivity index is 3.33. The quantitative estimate of drug-likeness (QED) is 0.0170. The van der Waals surface area contributed by atoms with E-state index >= 15 is 0 Å². The van der Waals surface area contributed by atoms with E-state index in [2.05, 4.69) is 46.4 Å². The summed E-state index contributed by atoms with van der Waals surface area (Å²) in [4.78, 5) is 118. The summed E-state index contributed by atoms with van der Waals surface area (Å²) in [6.45, 7) is 7.17. The van der Waals surface area contributed by atoms with Gasteiger partial charge in [-0.3, -0.25) is 48.5 Å². The molecular formula is C36H62N13O13P. The molecule has 1 rings (SSSR count). The SMILES string of the molecule is CC(C)[C@H](NC(=O)[C@H](C)N)C(=O)N[C@@H](Cc1ccc(OP(=O)(O)O)cc1)C(=O)N[C@H](C(=O)N[C@@H](C)C(=O)N[C@@H](CCCN=C(N)N)C(=O)N[C@@H](CCCN=C(N)N)C(=O)O)[C@@H](C)O. The highest BCUT2D eigenvalue weighted by molar-refractivity contribution is 7.46. The number of aliphatic hydroxyl groups is 1. The van der Waals surface area contributed by atoms with Crippen LogP contribution in [0, 0.1) is 5.92 Å². The second kappa shape index (κ2) is 26.4. The van der Waals surface area contributed by atoms with Gasteiger partial charge in [0.25, 0.3) is 0 Å². The lowest BCUT2D eigenvalue weighted by atomic mass is 10.00. The molecule has 0 aromatic heterocycles. The molecule has 0 bridgehead atoms. The Bertz CT molecular complexity index is 1830. The van der Waals surface area contributed by atoms with E-state index in [1.807, 2.05) is 0 Å². The van der Waals surface area contributed by atoms with Gasteiger partial charge in [-0.05, 0) is 70.1 Å². The van der Waals surface area contributed by atoms with Crippen LogP contribution >= 0.6 is 7.82 Å². The van der Waals surface area contributed by atoms with Crippen LogP contribution in [-0.4, -0.2) is 135 Å². The molecule has 0 radical (unpaired) electrons. The van der Waals surface area contributed by atoms with Gasteiger partial charge in [0.15, 0.2) is 11.9 Å². The fourth-order valence-corrected chi connectivity index (χ4v) is 5.88. The molecule has 0 aliphatic heterocycles. The van der Waals surface area contributed by atoms with Crippen molar-refractivity contribution < 1.29 is 62.7 Å². The molecule has 0 heterocycles. The van der Waals surface area contributed by atoms with Crippen LogP contribution in [0.15, 0.2) is 34.3 Å². The summed E-state index contributed by atoms with van der Waals surface area (Å²) >= 11 is 0. The van der Waals surface area contributed by atoms with Crippen molar-refractivity contribution in [2.75, 3.05) is 13.1 Å². The molecule has 0 saturated heterocycles. The molecule has 20 N–H and O–H groups in total. The minimum absolute atomic E-state index is 0.0440. The first kappa shape index (κ1) is 54.9. The van der Waals surface area contributed by atoms with E-state index in [1.165, 1.54) is 38.1 Å². The van der Waals surface area contributed by atoms with Crippen molar-refractivity contribution in [1.82, 2.24) is 31.9 Å². The Labute approximate surface area is 363 Å². The number of nitrogens with two attached hydrogens (primary N) is 5. The topological polar surface area (TPSA) is 454 Å². The zero-order valence-electron chi connectivity index (χ0n) is 35.6. The van der Waals surface area contributed by atoms with Crippen LogP contribution in [0.2, 0.25) is 0 Å². The van der Waals surface area contributed by atoms with E-state index < -0.39 is 104 Å². The summed E-state index contributed by atoms with van der Waals surface area (Å²) < 4.78 is 15.8. The van der Waals surface area contributed by atoms with Crippen LogP contribution in [-0.2, 0) is 44.5 Å². The number of benzene rings is 1. The molecule has 0 aliphatic rings. The number of hydrogen-bond acceptors (Lipinski definition) is 13. The standard InChI is InChI=1S/C36H62N13O13P/c1-17(2)26(48-28(51)18(3)37)32(55)47-25(16-21-10-12-22(13-11-21)62-63(59,60)61)31(54)49-27(20(5)50)33(56)44-19(4)29(52)45-23(8-6-14-42-35(38)39)30(53)46-24(34(57)58)9-7-15-43-36(40)41/h10-13,17-20,23-27,50H,6-9,14-16,37H2,1-5H3,(H,44,56)(H,45,52)(H,46,53)(H,47,55)(H,48,51)(H,49,54)(H,57,58)(H4,38,39,42)(H4,40,41,43)(H2,59,60,61)/t18-,19-,20+,23-,24-,25-,26-,27-/m0/s1. The highest BCUT2D eigenvalue weighted by Crippen LogP contribution is 2.37. The van der Waals surface area contributed by atoms with E-state index in [0.29, 0.717) is 5.56 Å². The highest BCUT2D eigenvalue weighted by atomic mass is 31.2. The zero-order valence-corrected chi connectivity index (χ0v) is 36.5. The second-order valence-electron chi connectivity index (χ2n) is 14.8. The lowest BCUT2D eigenvalue weighted by Crippen LogP contribution is -2.62. The lowest BCUT2D eigenvalue weighted by Gasteiger charge is -2.28. The average molecular weight is 916 g/mol. The van der Waals surface area contributed by atoms with Crippen LogP contribution in [0.5, 0.6) is 5.75 Å². The van der Waals surface area contributed by atoms with Gasteiger partial charge in [0.05, 0.1) is 12.1 Å². The molecule has 27 heteroatoms. The van der Waals surface area contributed by atoms with Gasteiger partial charge >= 0.3 is 13.8 Å². The van der Waals surface area contributed by atoms with Crippen LogP contribution < -0.4 is 65.1 Å². The number of aliphatic imine (C=N–C) groups is 2. The largest absolute Gasteiger partial charge is 0.524 e. The molecule has 0 aliphatic carbocycles. The average Bonchev–Trinajstić information content (AvgIpc) is 3.16. The van der Waals surface area contributed by atoms with Crippen molar-refractivity contribution in [3.05, 3.63) is 29.8 Å². The van der Waals surface area contributed by atoms with Crippen LogP contribution in [0.25, 0.3) is 0 Å². The fraction of sp³-hybridized carbons (Fsp3) is 0.583. The molecule has 6 amide bonds. The normalized spacial score (nSPS) is 15.0. The summed E-state index contributed by atoms with van der Waals surface area (Å²) in [5.41, 5.74) is 27.3. The Morgan fingerprint density at radius 3 is 1.57 bits per heavy atom. The van der Waals surface area contributed by atoms with E-state index in [9.17, 15) is 48.3 Å². The molecule has 0 fully saturated rings. The number of guanidine groups is 2. The van der Waals surface area contributed by atoms with Gasteiger partial charge in [-0.25, -0.2) is 9.36 Å². The van der Waals surface area contributed by atoms with Gasteiger partial charge < -0.3 is 75.3 Å². The summed E-state index contributed by atoms with van der Waals surface area (Å²) in [7, 11) is -4.90. The molecular weight excluding hydrogens is 853 g/mol. The van der Waals surface area contributed by atoms with Gasteiger partial charge in [0.1, 0.15) is 42.0 Å². The van der Waals surface area contributed by atoms with Gasteiger partial charge in [0.2, 0.25) is 35.4 Å². The highest BCUT2D eigenvalue weighted by Gasteiger charge is 2.35. The predicted molar refractivity (Wildman–Crippen MR) is 228 cm³/mol. The van der Waals surface area contributed by atoms with E-state index in [-0.39, 0.29) is 62.9 Å². The van der Waals surface area contributed by atoms with Crippen molar-refractivity contribution in [3.63, 3.8) is 0 Å². The minimum Gasteiger partial charge on any atom is -0.480 e. The van der Waals surface area contributed by atoms with E-state index in [0.717, 1.165) is 6.92 Å². The number of carboxylic acid groups (broad SMARTS) is 1. The van der Waals surface area contributed by atoms with Gasteiger partial charge in [-0.1, -0.05) is 26.0 Å². The molecule has 1 aromatic carbocycles. The van der Waals surface area contributed by atoms with Crippen molar-refractivity contribution in [2.24, 2.45) is 44.6 Å². The second-order valence-corrected chi connectivity index (χ2v) is 16.0. The van der Waals surface area contributed by atoms with E-state index in [4.69, 9.17) is 38.5 Å². The molecule has 0 spiro atoms. The number of carbonyl (C=O) groups is 7. The van der Waals surface area contributed by atoms with E-state index in [1.54, 1.807) is 13.8 Å². The number of hydrogen-bond donors (Lipinski definition) is 15.